The number of hydrogen-bond acceptors (Lipinski definition) is 4. The van der Waals surface area contributed by atoms with E-state index in [1.54, 1.807) is 17.6 Å². The number of hydrogen-bond donors (Lipinski definition) is 1. The average molecular weight is 375 g/mol. The molecule has 1 N–H and O–H groups in total. The van der Waals surface area contributed by atoms with Gasteiger partial charge < -0.3 is 4.90 Å². The van der Waals surface area contributed by atoms with Crippen LogP contribution in [0.3, 0.4) is 0 Å². The van der Waals surface area contributed by atoms with Crippen LogP contribution in [-0.4, -0.2) is 12.1 Å². The molecule has 4 rings (SSSR count). The number of carbonyl (C=O) groups is 1. The number of fused-ring (bicyclic) bond motifs is 1. The number of rotatable bonds is 4. The van der Waals surface area contributed by atoms with Crippen LogP contribution in [0.1, 0.15) is 37.5 Å². The fraction of sp³-hybridized carbons (Fsp3) is 0.182. The van der Waals surface area contributed by atoms with Crippen LogP contribution < -0.4 is 10.3 Å². The molecule has 5 heteroatoms. The maximum atomic E-state index is 12.2. The van der Waals surface area contributed by atoms with Gasteiger partial charge in [0.1, 0.15) is 0 Å². The van der Waals surface area contributed by atoms with E-state index in [0.717, 1.165) is 23.7 Å². The largest absolute Gasteiger partial charge is 0.363 e. The standard InChI is InChI=1S/C22H21N3OS/c1-15-10-18-13-25(14-19(18)11-16(15)2)20-7-5-17(6-8-20)22(26)24-23-12-21-4-3-9-27-21/h3-12H,13-14H2,1-2H3,(H,24,26)/b23-12-. The smallest absolute Gasteiger partial charge is 0.271 e. The zero-order valence-electron chi connectivity index (χ0n) is 15.4. The predicted octanol–water partition coefficient (Wildman–Crippen LogP) is 4.65. The van der Waals surface area contributed by atoms with Gasteiger partial charge in [-0.3, -0.25) is 4.79 Å². The monoisotopic (exact) mass is 375 g/mol. The van der Waals surface area contributed by atoms with Gasteiger partial charge in [-0.15, -0.1) is 11.3 Å². The Balaban J connectivity index is 1.41. The first kappa shape index (κ1) is 17.5. The Morgan fingerprint density at radius 2 is 1.74 bits per heavy atom. The van der Waals surface area contributed by atoms with E-state index in [-0.39, 0.29) is 5.91 Å². The Morgan fingerprint density at radius 3 is 2.33 bits per heavy atom. The maximum absolute atomic E-state index is 12.2. The minimum Gasteiger partial charge on any atom is -0.363 e. The van der Waals surface area contributed by atoms with Crippen molar-refractivity contribution < 1.29 is 4.79 Å². The Bertz CT molecular complexity index is 960. The lowest BCUT2D eigenvalue weighted by Crippen LogP contribution is -2.18. The Kier molecular flexibility index (Phi) is 4.77. The third-order valence-electron chi connectivity index (χ3n) is 4.93. The molecular formula is C22H21N3OS. The summed E-state index contributed by atoms with van der Waals surface area (Å²) in [6.45, 7) is 6.14. The van der Waals surface area contributed by atoms with Crippen molar-refractivity contribution in [3.05, 3.63) is 86.6 Å². The van der Waals surface area contributed by atoms with Gasteiger partial charge in [0, 0.05) is 29.2 Å². The summed E-state index contributed by atoms with van der Waals surface area (Å²) in [5, 5.41) is 5.98. The normalized spacial score (nSPS) is 13.2. The molecule has 136 valence electrons. The zero-order chi connectivity index (χ0) is 18.8. The fourth-order valence-electron chi connectivity index (χ4n) is 3.29. The molecule has 1 aromatic heterocycles. The first-order chi connectivity index (χ1) is 13.1. The second-order valence-electron chi connectivity index (χ2n) is 6.82. The van der Waals surface area contributed by atoms with Crippen LogP contribution in [0.4, 0.5) is 5.69 Å². The molecule has 0 bridgehead atoms. The van der Waals surface area contributed by atoms with Gasteiger partial charge in [-0.1, -0.05) is 18.2 Å². The summed E-state index contributed by atoms with van der Waals surface area (Å²) in [6.07, 6.45) is 1.66. The van der Waals surface area contributed by atoms with Gasteiger partial charge in [-0.2, -0.15) is 5.10 Å². The number of benzene rings is 2. The van der Waals surface area contributed by atoms with Gasteiger partial charge in [-0.05, 0) is 71.8 Å². The molecule has 0 aliphatic carbocycles. The van der Waals surface area contributed by atoms with Crippen LogP contribution in [0.5, 0.6) is 0 Å². The minimum absolute atomic E-state index is 0.203. The van der Waals surface area contributed by atoms with Crippen molar-refractivity contribution in [2.45, 2.75) is 26.9 Å². The van der Waals surface area contributed by atoms with Crippen LogP contribution in [0.2, 0.25) is 0 Å². The van der Waals surface area contributed by atoms with Crippen LogP contribution >= 0.6 is 11.3 Å². The number of aryl methyl sites for hydroxylation is 2. The number of nitrogens with one attached hydrogen (secondary N) is 1. The van der Waals surface area contributed by atoms with Crippen LogP contribution in [0.25, 0.3) is 0 Å². The highest BCUT2D eigenvalue weighted by Crippen LogP contribution is 2.30. The molecule has 0 atom stereocenters. The molecule has 1 aliphatic rings. The third kappa shape index (κ3) is 3.78. The van der Waals surface area contributed by atoms with Gasteiger partial charge in [0.25, 0.3) is 5.91 Å². The first-order valence-electron chi connectivity index (χ1n) is 8.91. The second kappa shape index (κ2) is 7.37. The SMILES string of the molecule is Cc1cc2c(cc1C)CN(c1ccc(C(=O)N/N=C\c3cccs3)cc1)C2. The van der Waals surface area contributed by atoms with Crippen molar-refractivity contribution >= 4 is 29.1 Å². The van der Waals surface area contributed by atoms with E-state index in [2.05, 4.69) is 41.4 Å². The first-order valence-corrected chi connectivity index (χ1v) is 9.79. The van der Waals surface area contributed by atoms with Crippen molar-refractivity contribution in [2.75, 3.05) is 4.90 Å². The quantitative estimate of drug-likeness (QED) is 0.533. The van der Waals surface area contributed by atoms with Gasteiger partial charge in [0.2, 0.25) is 0 Å². The van der Waals surface area contributed by atoms with E-state index in [4.69, 9.17) is 0 Å². The lowest BCUT2D eigenvalue weighted by Gasteiger charge is -2.17. The number of thiophene rings is 1. The highest BCUT2D eigenvalue weighted by atomic mass is 32.1. The Morgan fingerprint density at radius 1 is 1.07 bits per heavy atom. The van der Waals surface area contributed by atoms with Crippen molar-refractivity contribution in [2.24, 2.45) is 5.10 Å². The van der Waals surface area contributed by atoms with E-state index in [9.17, 15) is 4.79 Å². The summed E-state index contributed by atoms with van der Waals surface area (Å²) in [5.74, 6) is -0.203. The molecule has 27 heavy (non-hydrogen) atoms. The lowest BCUT2D eigenvalue weighted by atomic mass is 10.0. The van der Waals surface area contributed by atoms with Crippen molar-refractivity contribution in [1.82, 2.24) is 5.43 Å². The molecule has 2 heterocycles. The topological polar surface area (TPSA) is 44.7 Å². The Hall–Kier alpha value is -2.92. The molecule has 2 aromatic carbocycles. The third-order valence-corrected chi connectivity index (χ3v) is 5.74. The number of hydrazone groups is 1. The summed E-state index contributed by atoms with van der Waals surface area (Å²) in [4.78, 5) is 15.6. The highest BCUT2D eigenvalue weighted by molar-refractivity contribution is 7.11. The van der Waals surface area contributed by atoms with E-state index in [1.807, 2.05) is 41.8 Å². The van der Waals surface area contributed by atoms with Gasteiger partial charge in [-0.25, -0.2) is 5.43 Å². The molecule has 1 amide bonds. The van der Waals surface area contributed by atoms with E-state index in [1.165, 1.54) is 22.3 Å². The van der Waals surface area contributed by atoms with Gasteiger partial charge in [0.05, 0.1) is 6.21 Å². The van der Waals surface area contributed by atoms with E-state index in [0.29, 0.717) is 5.56 Å². The highest BCUT2D eigenvalue weighted by Gasteiger charge is 2.20. The number of carbonyl (C=O) groups excluding carboxylic acids is 1. The lowest BCUT2D eigenvalue weighted by molar-refractivity contribution is 0.0955. The molecule has 0 fully saturated rings. The van der Waals surface area contributed by atoms with Crippen molar-refractivity contribution in [3.8, 4) is 0 Å². The van der Waals surface area contributed by atoms with Gasteiger partial charge >= 0.3 is 0 Å². The molecule has 0 saturated carbocycles. The zero-order valence-corrected chi connectivity index (χ0v) is 16.2. The van der Waals surface area contributed by atoms with Crippen molar-refractivity contribution in [1.29, 1.82) is 0 Å². The number of amides is 1. The molecule has 0 spiro atoms. The average Bonchev–Trinajstić information content (AvgIpc) is 3.32. The molecule has 3 aromatic rings. The second-order valence-corrected chi connectivity index (χ2v) is 7.80. The molecular weight excluding hydrogens is 354 g/mol. The molecule has 4 nitrogen and oxygen atoms in total. The number of anilines is 1. The molecule has 0 radical (unpaired) electrons. The molecule has 0 saturated heterocycles. The summed E-state index contributed by atoms with van der Waals surface area (Å²) in [5.41, 5.74) is 9.76. The minimum atomic E-state index is -0.203. The van der Waals surface area contributed by atoms with Crippen LogP contribution in [0.15, 0.2) is 59.0 Å². The van der Waals surface area contributed by atoms with Crippen LogP contribution in [0, 0.1) is 13.8 Å². The molecule has 1 aliphatic heterocycles. The number of nitrogens with zero attached hydrogens (tertiary/aromatic N) is 2. The van der Waals surface area contributed by atoms with Crippen molar-refractivity contribution in [3.63, 3.8) is 0 Å². The summed E-state index contributed by atoms with van der Waals surface area (Å²) >= 11 is 1.58. The van der Waals surface area contributed by atoms with E-state index >= 15 is 0 Å². The van der Waals surface area contributed by atoms with E-state index < -0.39 is 0 Å². The summed E-state index contributed by atoms with van der Waals surface area (Å²) in [6, 6.07) is 16.2. The van der Waals surface area contributed by atoms with Gasteiger partial charge in [0.15, 0.2) is 0 Å². The Labute approximate surface area is 163 Å². The molecule has 0 unspecified atom stereocenters. The van der Waals surface area contributed by atoms with Crippen LogP contribution in [-0.2, 0) is 13.1 Å². The summed E-state index contributed by atoms with van der Waals surface area (Å²) < 4.78 is 0. The predicted molar refractivity (Wildman–Crippen MR) is 112 cm³/mol. The summed E-state index contributed by atoms with van der Waals surface area (Å²) in [7, 11) is 0. The maximum Gasteiger partial charge on any atom is 0.271 e. The fourth-order valence-corrected chi connectivity index (χ4v) is 3.87.